The lowest BCUT2D eigenvalue weighted by atomic mass is 10.1. The molecule has 0 saturated carbocycles. The predicted octanol–water partition coefficient (Wildman–Crippen LogP) is 4.75. The molecule has 4 heterocycles. The molecule has 0 aliphatic carbocycles. The number of aryl methyl sites for hydroxylation is 4. The molecule has 0 spiro atoms. The molecule has 0 N–H and O–H groups in total. The molecule has 8 heteroatoms. The number of aromatic nitrogens is 2. The summed E-state index contributed by atoms with van der Waals surface area (Å²) in [4.78, 5) is 9.95. The first-order chi connectivity index (χ1) is 20.1. The van der Waals surface area contributed by atoms with Crippen molar-refractivity contribution < 1.29 is 9.05 Å². The number of anilines is 2. The van der Waals surface area contributed by atoms with Gasteiger partial charge in [0.05, 0.1) is 11.4 Å². The maximum absolute atomic E-state index is 5.70. The summed E-state index contributed by atoms with van der Waals surface area (Å²) in [5, 5.41) is 8.49. The Labute approximate surface area is 243 Å². The average molecular weight is 555 g/mol. The van der Waals surface area contributed by atoms with Gasteiger partial charge in [0.15, 0.2) is 0 Å². The summed E-state index contributed by atoms with van der Waals surface area (Å²) in [5.41, 5.74) is 7.36. The van der Waals surface area contributed by atoms with Crippen molar-refractivity contribution in [3.8, 4) is 0 Å². The second-order valence-corrected chi connectivity index (χ2v) is 11.6. The zero-order valence-corrected chi connectivity index (χ0v) is 24.5. The van der Waals surface area contributed by atoms with Crippen LogP contribution in [0.1, 0.15) is 34.0 Å². The van der Waals surface area contributed by atoms with Gasteiger partial charge in [-0.25, -0.2) is 0 Å². The van der Waals surface area contributed by atoms with Gasteiger partial charge in [-0.15, -0.1) is 0 Å². The number of hydrogen-bond donors (Lipinski definition) is 0. The van der Waals surface area contributed by atoms with Gasteiger partial charge in [0.1, 0.15) is 11.5 Å². The van der Waals surface area contributed by atoms with E-state index in [2.05, 4.69) is 91.4 Å². The fourth-order valence-electron chi connectivity index (χ4n) is 5.88. The number of rotatable bonds is 10. The van der Waals surface area contributed by atoms with Crippen LogP contribution in [0.4, 0.5) is 11.4 Å². The first-order valence-electron chi connectivity index (χ1n) is 15.0. The van der Waals surface area contributed by atoms with Gasteiger partial charge in [-0.05, 0) is 50.1 Å². The summed E-state index contributed by atoms with van der Waals surface area (Å²) < 4.78 is 10.9. The molecule has 0 radical (unpaired) electrons. The first kappa shape index (κ1) is 27.5. The minimum absolute atomic E-state index is 0.854. The van der Waals surface area contributed by atoms with Crippen molar-refractivity contribution in [3.63, 3.8) is 0 Å². The molecule has 2 aromatic carbocycles. The van der Waals surface area contributed by atoms with Crippen LogP contribution in [0.25, 0.3) is 0 Å². The number of piperazine rings is 2. The van der Waals surface area contributed by atoms with E-state index in [-0.39, 0.29) is 0 Å². The second kappa shape index (κ2) is 12.9. The zero-order chi connectivity index (χ0) is 28.0. The third kappa shape index (κ3) is 7.37. The molecule has 2 aromatic heterocycles. The van der Waals surface area contributed by atoms with E-state index in [1.165, 1.54) is 22.5 Å². The molecule has 0 bridgehead atoms. The van der Waals surface area contributed by atoms with Crippen molar-refractivity contribution in [2.24, 2.45) is 0 Å². The van der Waals surface area contributed by atoms with Crippen LogP contribution in [0.5, 0.6) is 0 Å². The minimum Gasteiger partial charge on any atom is -0.369 e. The predicted molar refractivity (Wildman–Crippen MR) is 163 cm³/mol. The Kier molecular flexibility index (Phi) is 8.68. The third-order valence-corrected chi connectivity index (χ3v) is 8.46. The van der Waals surface area contributed by atoms with Crippen LogP contribution in [-0.4, -0.2) is 79.0 Å². The summed E-state index contributed by atoms with van der Waals surface area (Å²) in [5.74, 6) is 1.86. The van der Waals surface area contributed by atoms with E-state index in [4.69, 9.17) is 9.05 Å². The Bertz CT molecular complexity index is 1360. The van der Waals surface area contributed by atoms with Gasteiger partial charge in [0.2, 0.25) is 0 Å². The summed E-state index contributed by atoms with van der Waals surface area (Å²) in [7, 11) is 0. The molecule has 8 nitrogen and oxygen atoms in total. The third-order valence-electron chi connectivity index (χ3n) is 8.46. The van der Waals surface area contributed by atoms with Crippen molar-refractivity contribution >= 4 is 11.4 Å². The summed E-state index contributed by atoms with van der Waals surface area (Å²) in [6.45, 7) is 14.4. The van der Waals surface area contributed by atoms with E-state index in [0.29, 0.717) is 0 Å². The lowest BCUT2D eigenvalue weighted by Crippen LogP contribution is -2.47. The van der Waals surface area contributed by atoms with Crippen molar-refractivity contribution in [3.05, 3.63) is 94.7 Å². The van der Waals surface area contributed by atoms with Crippen LogP contribution >= 0.6 is 0 Å². The van der Waals surface area contributed by atoms with Gasteiger partial charge in [-0.1, -0.05) is 40.1 Å². The van der Waals surface area contributed by atoms with E-state index < -0.39 is 0 Å². The molecule has 6 rings (SSSR count). The maximum Gasteiger partial charge on any atom is 0.137 e. The quantitative estimate of drug-likeness (QED) is 0.278. The highest BCUT2D eigenvalue weighted by molar-refractivity contribution is 5.49. The summed E-state index contributed by atoms with van der Waals surface area (Å²) in [6.07, 6.45) is 2.78. The molecule has 2 saturated heterocycles. The molecule has 216 valence electrons. The van der Waals surface area contributed by atoms with Crippen LogP contribution in [0.3, 0.4) is 0 Å². The second-order valence-electron chi connectivity index (χ2n) is 11.6. The first-order valence-corrected chi connectivity index (χ1v) is 15.0. The fraction of sp³-hybridized carbons (Fsp3) is 0.455. The van der Waals surface area contributed by atoms with Gasteiger partial charge in [0.25, 0.3) is 0 Å². The van der Waals surface area contributed by atoms with Gasteiger partial charge in [-0.3, -0.25) is 9.80 Å². The van der Waals surface area contributed by atoms with Gasteiger partial charge in [0, 0.05) is 102 Å². The van der Waals surface area contributed by atoms with Crippen molar-refractivity contribution in [2.75, 3.05) is 68.7 Å². The highest BCUT2D eigenvalue weighted by atomic mass is 16.5. The minimum atomic E-state index is 0.854. The Balaban J connectivity index is 0.908. The van der Waals surface area contributed by atoms with Crippen LogP contribution in [0.2, 0.25) is 0 Å². The van der Waals surface area contributed by atoms with E-state index in [9.17, 15) is 0 Å². The fourth-order valence-corrected chi connectivity index (χ4v) is 5.88. The van der Waals surface area contributed by atoms with Crippen LogP contribution < -0.4 is 9.80 Å². The van der Waals surface area contributed by atoms with E-state index >= 15 is 0 Å². The van der Waals surface area contributed by atoms with E-state index in [0.717, 1.165) is 108 Å². The monoisotopic (exact) mass is 554 g/mol. The van der Waals surface area contributed by atoms with Crippen LogP contribution in [0, 0.1) is 13.8 Å². The average Bonchev–Trinajstić information content (AvgIpc) is 3.64. The molecule has 2 fully saturated rings. The Hall–Kier alpha value is -3.62. The van der Waals surface area contributed by atoms with Gasteiger partial charge in [-0.2, -0.15) is 0 Å². The highest BCUT2D eigenvalue weighted by Crippen LogP contribution is 2.20. The molecule has 4 aromatic rings. The molecule has 2 aliphatic rings. The molecular formula is C33H42N6O2. The van der Waals surface area contributed by atoms with Crippen LogP contribution in [-0.2, 0) is 25.8 Å². The standard InChI is InChI=1S/C33H42N6O2/c1-26-3-8-31(9-4-26)39-21-17-37(18-22-39)25-30-24-33(41-35-30)12-7-28-5-10-32(11-6-28)38-19-15-36(16-20-38)14-13-29-23-27(2)40-34-29/h3-6,8-11,23-24H,7,12-22,25H2,1-2H3. The Morgan fingerprint density at radius 1 is 0.610 bits per heavy atom. The lowest BCUT2D eigenvalue weighted by Gasteiger charge is -2.36. The Morgan fingerprint density at radius 3 is 1.85 bits per heavy atom. The van der Waals surface area contributed by atoms with Gasteiger partial charge >= 0.3 is 0 Å². The highest BCUT2D eigenvalue weighted by Gasteiger charge is 2.20. The number of benzene rings is 2. The maximum atomic E-state index is 5.70. The summed E-state index contributed by atoms with van der Waals surface area (Å²) >= 11 is 0. The number of nitrogens with zero attached hydrogens (tertiary/aromatic N) is 6. The largest absolute Gasteiger partial charge is 0.369 e. The SMILES string of the molecule is Cc1ccc(N2CCN(Cc3cc(CCc4ccc(N5CCN(CCc6cc(C)on6)CC5)cc4)on3)CC2)cc1. The Morgan fingerprint density at radius 2 is 1.22 bits per heavy atom. The van der Waals surface area contributed by atoms with Gasteiger partial charge < -0.3 is 18.8 Å². The molecule has 0 amide bonds. The van der Waals surface area contributed by atoms with Crippen molar-refractivity contribution in [1.82, 2.24) is 20.1 Å². The molecule has 0 unspecified atom stereocenters. The molecule has 0 atom stereocenters. The van der Waals surface area contributed by atoms with E-state index in [1.54, 1.807) is 0 Å². The zero-order valence-electron chi connectivity index (χ0n) is 24.5. The lowest BCUT2D eigenvalue weighted by molar-refractivity contribution is 0.241. The normalized spacial score (nSPS) is 16.9. The van der Waals surface area contributed by atoms with E-state index in [1.807, 2.05) is 13.0 Å². The molecular weight excluding hydrogens is 512 g/mol. The molecule has 41 heavy (non-hydrogen) atoms. The topological polar surface area (TPSA) is 65.0 Å². The number of hydrogen-bond acceptors (Lipinski definition) is 8. The van der Waals surface area contributed by atoms with Crippen molar-refractivity contribution in [1.29, 1.82) is 0 Å². The summed E-state index contributed by atoms with van der Waals surface area (Å²) in [6, 6.07) is 22.1. The van der Waals surface area contributed by atoms with Crippen LogP contribution in [0.15, 0.2) is 69.7 Å². The smallest absolute Gasteiger partial charge is 0.137 e. The van der Waals surface area contributed by atoms with Crippen molar-refractivity contribution in [2.45, 2.75) is 39.7 Å². The molecule has 2 aliphatic heterocycles.